The van der Waals surface area contributed by atoms with Crippen LogP contribution in [0, 0.1) is 5.92 Å². The van der Waals surface area contributed by atoms with Gasteiger partial charge in [0.25, 0.3) is 0 Å². The fraction of sp³-hybridized carbons (Fsp3) is 1.00. The van der Waals surface area contributed by atoms with E-state index in [1.165, 1.54) is 64.8 Å². The lowest BCUT2D eigenvalue weighted by molar-refractivity contribution is 0.284. The summed E-state index contributed by atoms with van der Waals surface area (Å²) in [5.41, 5.74) is 0. The zero-order chi connectivity index (χ0) is 10.9. The lowest BCUT2D eigenvalue weighted by atomic mass is 9.94. The smallest absolute Gasteiger partial charge is 0.00190 e. The van der Waals surface area contributed by atoms with Crippen molar-refractivity contribution in [3.05, 3.63) is 0 Å². The Kier molecular flexibility index (Phi) is 7.03. The van der Waals surface area contributed by atoms with Crippen molar-refractivity contribution in [2.24, 2.45) is 5.92 Å². The van der Waals surface area contributed by atoms with Crippen LogP contribution in [0.1, 0.15) is 46.0 Å². The fourth-order valence-corrected chi connectivity index (χ4v) is 2.48. The second kappa shape index (κ2) is 8.12. The third-order valence-electron chi connectivity index (χ3n) is 3.63. The number of rotatable bonds is 7. The lowest BCUT2D eigenvalue weighted by Crippen LogP contribution is -2.30. The van der Waals surface area contributed by atoms with Gasteiger partial charge in [0.05, 0.1) is 0 Å². The van der Waals surface area contributed by atoms with Gasteiger partial charge in [0.1, 0.15) is 0 Å². The Morgan fingerprint density at radius 2 is 2.00 bits per heavy atom. The van der Waals surface area contributed by atoms with E-state index in [1.807, 2.05) is 0 Å². The van der Waals surface area contributed by atoms with Crippen molar-refractivity contribution >= 4 is 0 Å². The average Bonchev–Trinajstić information content (AvgIpc) is 2.31. The molecule has 15 heavy (non-hydrogen) atoms. The van der Waals surface area contributed by atoms with Gasteiger partial charge in [-0.05, 0) is 64.3 Å². The largest absolute Gasteiger partial charge is 0.316 e. The van der Waals surface area contributed by atoms with Gasteiger partial charge in [-0.25, -0.2) is 0 Å². The normalized spacial score (nSPS) is 22.2. The number of hydrogen-bond donors (Lipinski definition) is 1. The molecule has 1 rings (SSSR count). The van der Waals surface area contributed by atoms with Crippen molar-refractivity contribution in [2.45, 2.75) is 46.0 Å². The minimum Gasteiger partial charge on any atom is -0.316 e. The van der Waals surface area contributed by atoms with E-state index in [2.05, 4.69) is 24.1 Å². The summed E-state index contributed by atoms with van der Waals surface area (Å²) < 4.78 is 0. The molecule has 1 saturated heterocycles. The standard InChI is InChI=1S/C13H28N2/c1-3-15(4-2)11-6-5-8-13-9-7-10-14-12-13/h13-14H,3-12H2,1-2H3. The van der Waals surface area contributed by atoms with E-state index in [9.17, 15) is 0 Å². The molecule has 1 fully saturated rings. The molecule has 0 aromatic carbocycles. The van der Waals surface area contributed by atoms with Gasteiger partial charge in [-0.3, -0.25) is 0 Å². The maximum atomic E-state index is 3.50. The van der Waals surface area contributed by atoms with Crippen LogP contribution in [0.2, 0.25) is 0 Å². The molecule has 0 aliphatic carbocycles. The van der Waals surface area contributed by atoms with Crippen molar-refractivity contribution in [1.82, 2.24) is 10.2 Å². The van der Waals surface area contributed by atoms with Crippen molar-refractivity contribution in [1.29, 1.82) is 0 Å². The molecule has 0 aromatic rings. The fourth-order valence-electron chi connectivity index (χ4n) is 2.48. The van der Waals surface area contributed by atoms with E-state index in [4.69, 9.17) is 0 Å². The highest BCUT2D eigenvalue weighted by Crippen LogP contribution is 2.16. The van der Waals surface area contributed by atoms with E-state index < -0.39 is 0 Å². The van der Waals surface area contributed by atoms with Crippen LogP contribution in [-0.4, -0.2) is 37.6 Å². The molecule has 1 atom stereocenters. The molecule has 0 spiro atoms. The maximum absolute atomic E-state index is 3.50. The van der Waals surface area contributed by atoms with E-state index >= 15 is 0 Å². The first-order chi connectivity index (χ1) is 7.36. The molecule has 1 N–H and O–H groups in total. The number of nitrogens with one attached hydrogen (secondary N) is 1. The van der Waals surface area contributed by atoms with Crippen molar-refractivity contribution in [3.63, 3.8) is 0 Å². The summed E-state index contributed by atoms with van der Waals surface area (Å²) >= 11 is 0. The van der Waals surface area contributed by atoms with E-state index in [0.717, 1.165) is 5.92 Å². The number of piperidine rings is 1. The highest BCUT2D eigenvalue weighted by Gasteiger charge is 2.12. The zero-order valence-corrected chi connectivity index (χ0v) is 10.6. The van der Waals surface area contributed by atoms with Crippen LogP contribution in [-0.2, 0) is 0 Å². The van der Waals surface area contributed by atoms with Crippen LogP contribution >= 0.6 is 0 Å². The van der Waals surface area contributed by atoms with Crippen LogP contribution in [0.4, 0.5) is 0 Å². The molecule has 1 heterocycles. The number of hydrogen-bond acceptors (Lipinski definition) is 2. The molecule has 0 amide bonds. The van der Waals surface area contributed by atoms with Gasteiger partial charge in [-0.1, -0.05) is 20.3 Å². The zero-order valence-electron chi connectivity index (χ0n) is 10.6. The van der Waals surface area contributed by atoms with Gasteiger partial charge < -0.3 is 10.2 Å². The molecule has 1 aliphatic heterocycles. The minimum absolute atomic E-state index is 0.968. The highest BCUT2D eigenvalue weighted by molar-refractivity contribution is 4.69. The van der Waals surface area contributed by atoms with E-state index in [-0.39, 0.29) is 0 Å². The SMILES string of the molecule is CCN(CC)CCCCC1CCCNC1. The molecule has 2 nitrogen and oxygen atoms in total. The summed E-state index contributed by atoms with van der Waals surface area (Å²) in [5, 5.41) is 3.50. The monoisotopic (exact) mass is 212 g/mol. The van der Waals surface area contributed by atoms with Gasteiger partial charge in [0.2, 0.25) is 0 Å². The lowest BCUT2D eigenvalue weighted by Gasteiger charge is -2.23. The second-order valence-corrected chi connectivity index (χ2v) is 4.74. The topological polar surface area (TPSA) is 15.3 Å². The second-order valence-electron chi connectivity index (χ2n) is 4.74. The Morgan fingerprint density at radius 3 is 2.60 bits per heavy atom. The molecule has 0 saturated carbocycles. The average molecular weight is 212 g/mol. The first-order valence-corrected chi connectivity index (χ1v) is 6.79. The van der Waals surface area contributed by atoms with Gasteiger partial charge in [0, 0.05) is 0 Å². The van der Waals surface area contributed by atoms with Crippen LogP contribution in [0.25, 0.3) is 0 Å². The Bertz CT molecular complexity index is 137. The molecule has 1 unspecified atom stereocenters. The summed E-state index contributed by atoms with van der Waals surface area (Å²) in [7, 11) is 0. The van der Waals surface area contributed by atoms with Crippen molar-refractivity contribution in [2.75, 3.05) is 32.7 Å². The predicted molar refractivity (Wildman–Crippen MR) is 67.2 cm³/mol. The number of nitrogens with zero attached hydrogens (tertiary/aromatic N) is 1. The van der Waals surface area contributed by atoms with Gasteiger partial charge in [-0.2, -0.15) is 0 Å². The minimum atomic E-state index is 0.968. The quantitative estimate of drug-likeness (QED) is 0.652. The first kappa shape index (κ1) is 13.0. The van der Waals surface area contributed by atoms with Crippen LogP contribution in [0.3, 0.4) is 0 Å². The molecule has 0 radical (unpaired) electrons. The predicted octanol–water partition coefficient (Wildman–Crippen LogP) is 2.50. The molecule has 0 aromatic heterocycles. The van der Waals surface area contributed by atoms with Crippen LogP contribution < -0.4 is 5.32 Å². The first-order valence-electron chi connectivity index (χ1n) is 6.79. The van der Waals surface area contributed by atoms with E-state index in [1.54, 1.807) is 0 Å². The Balaban J connectivity index is 1.95. The summed E-state index contributed by atoms with van der Waals surface area (Å²) in [6.45, 7) is 10.8. The molecule has 2 heteroatoms. The Hall–Kier alpha value is -0.0800. The highest BCUT2D eigenvalue weighted by atomic mass is 15.1. The summed E-state index contributed by atoms with van der Waals surface area (Å²) in [5.74, 6) is 0.968. The molecular weight excluding hydrogens is 184 g/mol. The van der Waals surface area contributed by atoms with Crippen LogP contribution in [0.5, 0.6) is 0 Å². The van der Waals surface area contributed by atoms with Gasteiger partial charge in [-0.15, -0.1) is 0 Å². The summed E-state index contributed by atoms with van der Waals surface area (Å²) in [6.07, 6.45) is 7.09. The number of unbranched alkanes of at least 4 members (excludes halogenated alkanes) is 1. The summed E-state index contributed by atoms with van der Waals surface area (Å²) in [4.78, 5) is 2.53. The Morgan fingerprint density at radius 1 is 1.20 bits per heavy atom. The molecule has 90 valence electrons. The maximum Gasteiger partial charge on any atom is -0.00190 e. The molecule has 0 bridgehead atoms. The van der Waals surface area contributed by atoms with Crippen LogP contribution in [0.15, 0.2) is 0 Å². The molecule has 1 aliphatic rings. The van der Waals surface area contributed by atoms with E-state index in [0.29, 0.717) is 0 Å². The van der Waals surface area contributed by atoms with Gasteiger partial charge >= 0.3 is 0 Å². The van der Waals surface area contributed by atoms with Crippen molar-refractivity contribution in [3.8, 4) is 0 Å². The third-order valence-corrected chi connectivity index (χ3v) is 3.63. The van der Waals surface area contributed by atoms with Crippen molar-refractivity contribution < 1.29 is 0 Å². The summed E-state index contributed by atoms with van der Waals surface area (Å²) in [6, 6.07) is 0. The van der Waals surface area contributed by atoms with Gasteiger partial charge in [0.15, 0.2) is 0 Å². The Labute approximate surface area is 95.4 Å². The molecular formula is C13H28N2. The third kappa shape index (κ3) is 5.53.